The van der Waals surface area contributed by atoms with Crippen molar-refractivity contribution >= 4 is 10.2 Å². The summed E-state index contributed by atoms with van der Waals surface area (Å²) in [6.45, 7) is -0.164. The van der Waals surface area contributed by atoms with Crippen LogP contribution in [0.4, 0.5) is 3.89 Å². The van der Waals surface area contributed by atoms with Gasteiger partial charge in [0.2, 0.25) is 0 Å². The van der Waals surface area contributed by atoms with Gasteiger partial charge in [0, 0.05) is 0 Å². The highest BCUT2D eigenvalue weighted by Crippen LogP contribution is 2.08. The number of ether oxygens (including phenoxy) is 1. The maximum atomic E-state index is 12.0. The summed E-state index contributed by atoms with van der Waals surface area (Å²) in [5.74, 6) is -0.0758. The number of hydrogen-bond acceptors (Lipinski definition) is 3. The van der Waals surface area contributed by atoms with Crippen molar-refractivity contribution in [1.29, 1.82) is 0 Å². The zero-order valence-electron chi connectivity index (χ0n) is 6.81. The molecule has 0 heterocycles. The second-order valence-corrected chi connectivity index (χ2v) is 3.89. The van der Waals surface area contributed by atoms with Crippen molar-refractivity contribution in [3.63, 3.8) is 0 Å². The fourth-order valence-corrected chi connectivity index (χ4v) is 1.06. The van der Waals surface area contributed by atoms with Crippen LogP contribution in [0.2, 0.25) is 0 Å². The summed E-state index contributed by atoms with van der Waals surface area (Å²) < 4.78 is 37.1. The standard InChI is InChI=1S/C8H9FO3S/c9-13(10,11)7-6-12-8-4-2-1-3-5-8/h1-5H,6-7H2. The van der Waals surface area contributed by atoms with Gasteiger partial charge in [-0.3, -0.25) is 0 Å². The van der Waals surface area contributed by atoms with Crippen molar-refractivity contribution in [3.05, 3.63) is 30.3 Å². The van der Waals surface area contributed by atoms with Gasteiger partial charge >= 0.3 is 10.2 Å². The van der Waals surface area contributed by atoms with Crippen molar-refractivity contribution in [1.82, 2.24) is 0 Å². The fraction of sp³-hybridized carbons (Fsp3) is 0.250. The van der Waals surface area contributed by atoms with Gasteiger partial charge in [0.05, 0.1) is 0 Å². The third-order valence-corrected chi connectivity index (χ3v) is 1.99. The number of halogens is 1. The van der Waals surface area contributed by atoms with E-state index in [1.54, 1.807) is 30.3 Å². The molecule has 0 amide bonds. The lowest BCUT2D eigenvalue weighted by molar-refractivity contribution is 0.339. The molecule has 0 atom stereocenters. The zero-order chi connectivity index (χ0) is 9.73. The van der Waals surface area contributed by atoms with E-state index in [4.69, 9.17) is 4.74 Å². The summed E-state index contributed by atoms with van der Waals surface area (Å²) in [6.07, 6.45) is 0. The molecule has 1 aromatic carbocycles. The Morgan fingerprint density at radius 1 is 1.23 bits per heavy atom. The molecular weight excluding hydrogens is 195 g/mol. The van der Waals surface area contributed by atoms with Gasteiger partial charge in [0.25, 0.3) is 0 Å². The van der Waals surface area contributed by atoms with Crippen molar-refractivity contribution in [2.24, 2.45) is 0 Å². The average Bonchev–Trinajstić information content (AvgIpc) is 2.04. The first-order valence-corrected chi connectivity index (χ1v) is 5.23. The van der Waals surface area contributed by atoms with E-state index in [1.807, 2.05) is 0 Å². The Hall–Kier alpha value is -1.10. The largest absolute Gasteiger partial charge is 0.492 e. The molecule has 0 N–H and O–H groups in total. The SMILES string of the molecule is O=S(=O)(F)CCOc1ccccc1. The molecule has 0 radical (unpaired) electrons. The van der Waals surface area contributed by atoms with Gasteiger partial charge < -0.3 is 4.74 Å². The van der Waals surface area contributed by atoms with Gasteiger partial charge in [-0.25, -0.2) is 0 Å². The molecule has 0 fully saturated rings. The van der Waals surface area contributed by atoms with Gasteiger partial charge in [-0.15, -0.1) is 3.89 Å². The van der Waals surface area contributed by atoms with Crippen molar-refractivity contribution in [2.75, 3.05) is 12.4 Å². The molecule has 1 rings (SSSR count). The second-order valence-electron chi connectivity index (χ2n) is 2.40. The smallest absolute Gasteiger partial charge is 0.305 e. The summed E-state index contributed by atoms with van der Waals surface area (Å²) in [7, 11) is -4.42. The van der Waals surface area contributed by atoms with Gasteiger partial charge in [0.1, 0.15) is 18.1 Å². The summed E-state index contributed by atoms with van der Waals surface area (Å²) in [6, 6.07) is 8.65. The summed E-state index contributed by atoms with van der Waals surface area (Å²) in [5.41, 5.74) is 0. The molecule has 0 aromatic heterocycles. The monoisotopic (exact) mass is 204 g/mol. The van der Waals surface area contributed by atoms with Crippen LogP contribution in [0.1, 0.15) is 0 Å². The number of rotatable bonds is 4. The molecule has 0 saturated carbocycles. The van der Waals surface area contributed by atoms with E-state index in [0.717, 1.165) is 0 Å². The first kappa shape index (κ1) is 9.98. The summed E-state index contributed by atoms with van der Waals surface area (Å²) in [4.78, 5) is 0. The maximum Gasteiger partial charge on any atom is 0.305 e. The average molecular weight is 204 g/mol. The van der Waals surface area contributed by atoms with Gasteiger partial charge in [-0.05, 0) is 12.1 Å². The first-order valence-electron chi connectivity index (χ1n) is 3.68. The Morgan fingerprint density at radius 3 is 2.38 bits per heavy atom. The maximum absolute atomic E-state index is 12.0. The highest BCUT2D eigenvalue weighted by molar-refractivity contribution is 7.86. The van der Waals surface area contributed by atoms with Crippen molar-refractivity contribution in [2.45, 2.75) is 0 Å². The highest BCUT2D eigenvalue weighted by atomic mass is 32.3. The topological polar surface area (TPSA) is 43.4 Å². The zero-order valence-corrected chi connectivity index (χ0v) is 7.63. The lowest BCUT2D eigenvalue weighted by atomic mass is 10.3. The van der Waals surface area contributed by atoms with E-state index in [9.17, 15) is 12.3 Å². The molecule has 1 aromatic rings. The van der Waals surface area contributed by atoms with Gasteiger partial charge in [0.15, 0.2) is 0 Å². The van der Waals surface area contributed by atoms with Crippen LogP contribution in [0, 0.1) is 0 Å². The van der Waals surface area contributed by atoms with Crippen LogP contribution in [0.5, 0.6) is 5.75 Å². The van der Waals surface area contributed by atoms with Gasteiger partial charge in [-0.2, -0.15) is 8.42 Å². The normalized spacial score (nSPS) is 11.2. The van der Waals surface area contributed by atoms with Crippen LogP contribution in [0.15, 0.2) is 30.3 Å². The Bertz CT molecular complexity index is 347. The Balaban J connectivity index is 2.37. The lowest BCUT2D eigenvalue weighted by Crippen LogP contribution is -2.09. The molecule has 0 aliphatic heterocycles. The summed E-state index contributed by atoms with van der Waals surface area (Å²) in [5, 5.41) is 0. The molecule has 5 heteroatoms. The second kappa shape index (κ2) is 4.23. The number of hydrogen-bond donors (Lipinski definition) is 0. The minimum absolute atomic E-state index is 0.164. The fourth-order valence-electron chi connectivity index (χ4n) is 0.776. The molecule has 0 saturated heterocycles. The third-order valence-electron chi connectivity index (χ3n) is 1.34. The highest BCUT2D eigenvalue weighted by Gasteiger charge is 2.06. The molecule has 0 aliphatic carbocycles. The van der Waals surface area contributed by atoms with Crippen LogP contribution in [-0.2, 0) is 10.2 Å². The summed E-state index contributed by atoms with van der Waals surface area (Å²) >= 11 is 0. The third kappa shape index (κ3) is 4.47. The Labute approximate surface area is 76.4 Å². The van der Waals surface area contributed by atoms with E-state index in [2.05, 4.69) is 0 Å². The predicted octanol–water partition coefficient (Wildman–Crippen LogP) is 1.36. The molecule has 0 aliphatic rings. The Morgan fingerprint density at radius 2 is 1.85 bits per heavy atom. The predicted molar refractivity (Wildman–Crippen MR) is 46.8 cm³/mol. The van der Waals surface area contributed by atoms with Crippen LogP contribution in [-0.4, -0.2) is 20.8 Å². The molecule has 3 nitrogen and oxygen atoms in total. The lowest BCUT2D eigenvalue weighted by Gasteiger charge is -2.02. The minimum Gasteiger partial charge on any atom is -0.492 e. The molecule has 0 unspecified atom stereocenters. The van der Waals surface area contributed by atoms with Crippen LogP contribution >= 0.6 is 0 Å². The van der Waals surface area contributed by atoms with Gasteiger partial charge in [-0.1, -0.05) is 18.2 Å². The molecule has 0 spiro atoms. The van der Waals surface area contributed by atoms with E-state index in [0.29, 0.717) is 5.75 Å². The van der Waals surface area contributed by atoms with Crippen LogP contribution < -0.4 is 4.74 Å². The van der Waals surface area contributed by atoms with E-state index in [-0.39, 0.29) is 6.61 Å². The number of para-hydroxylation sites is 1. The van der Waals surface area contributed by atoms with E-state index < -0.39 is 16.0 Å². The van der Waals surface area contributed by atoms with Crippen molar-refractivity contribution < 1.29 is 17.0 Å². The molecule has 72 valence electrons. The quantitative estimate of drug-likeness (QED) is 0.695. The van der Waals surface area contributed by atoms with E-state index in [1.165, 1.54) is 0 Å². The number of benzene rings is 1. The first-order chi connectivity index (χ1) is 6.08. The van der Waals surface area contributed by atoms with Crippen molar-refractivity contribution in [3.8, 4) is 5.75 Å². The molecule has 0 bridgehead atoms. The molecular formula is C8H9FO3S. The molecule has 13 heavy (non-hydrogen) atoms. The van der Waals surface area contributed by atoms with Crippen LogP contribution in [0.25, 0.3) is 0 Å². The minimum atomic E-state index is -4.42. The van der Waals surface area contributed by atoms with E-state index >= 15 is 0 Å². The Kier molecular flexibility index (Phi) is 3.25. The van der Waals surface area contributed by atoms with Crippen LogP contribution in [0.3, 0.4) is 0 Å².